The number of piperidine rings is 1. The third-order valence-corrected chi connectivity index (χ3v) is 9.92. The Morgan fingerprint density at radius 2 is 1.64 bits per heavy atom. The summed E-state index contributed by atoms with van der Waals surface area (Å²) < 4.78 is 35.8. The lowest BCUT2D eigenvalue weighted by Crippen LogP contribution is -2.39. The Morgan fingerprint density at radius 3 is 2.26 bits per heavy atom. The van der Waals surface area contributed by atoms with E-state index in [4.69, 9.17) is 14.9 Å². The van der Waals surface area contributed by atoms with Gasteiger partial charge in [-0.2, -0.15) is 13.2 Å². The molecule has 2 saturated heterocycles. The van der Waals surface area contributed by atoms with Gasteiger partial charge in [0, 0.05) is 44.0 Å². The molecule has 2 aliphatic rings. The van der Waals surface area contributed by atoms with Crippen molar-refractivity contribution in [3.63, 3.8) is 0 Å². The van der Waals surface area contributed by atoms with Gasteiger partial charge in [-0.1, -0.05) is 35.9 Å². The maximum atomic E-state index is 12.6. The topological polar surface area (TPSA) is 126 Å². The lowest BCUT2D eigenvalue weighted by molar-refractivity contribution is -0.192. The second kappa shape index (κ2) is 13.1. The summed E-state index contributed by atoms with van der Waals surface area (Å²) in [7, 11) is 1.87. The van der Waals surface area contributed by atoms with Gasteiger partial charge in [0.2, 0.25) is 0 Å². The number of fused-ring (bicyclic) bond motifs is 3. The molecule has 0 amide bonds. The molecule has 6 rings (SSSR count). The minimum Gasteiger partial charge on any atom is -0.481 e. The third kappa shape index (κ3) is 6.90. The smallest absolute Gasteiger partial charge is 0.481 e. The first-order valence-electron chi connectivity index (χ1n) is 15.8. The van der Waals surface area contributed by atoms with E-state index in [0.717, 1.165) is 40.1 Å². The Kier molecular flexibility index (Phi) is 9.50. The van der Waals surface area contributed by atoms with E-state index < -0.39 is 23.5 Å². The van der Waals surface area contributed by atoms with Gasteiger partial charge < -0.3 is 14.8 Å². The van der Waals surface area contributed by atoms with E-state index in [0.29, 0.717) is 18.6 Å². The molecule has 252 valence electrons. The Bertz CT molecular complexity index is 1760. The molecule has 2 aromatic heterocycles. The van der Waals surface area contributed by atoms with Gasteiger partial charge >= 0.3 is 18.1 Å². The number of hydrogen-bond acceptors (Lipinski definition) is 6. The number of aryl methyl sites for hydroxylation is 3. The van der Waals surface area contributed by atoms with Gasteiger partial charge in [-0.3, -0.25) is 9.69 Å². The van der Waals surface area contributed by atoms with Gasteiger partial charge in [0.05, 0.1) is 17.5 Å². The zero-order valence-electron chi connectivity index (χ0n) is 27.3. The molecule has 0 radical (unpaired) electrons. The molecule has 3 atom stereocenters. The molecule has 2 N–H and O–H groups in total. The van der Waals surface area contributed by atoms with Crippen LogP contribution in [0.15, 0.2) is 42.7 Å². The van der Waals surface area contributed by atoms with Crippen LogP contribution in [0.4, 0.5) is 13.2 Å². The first-order valence-corrected chi connectivity index (χ1v) is 15.8. The molecule has 2 aromatic carbocycles. The fourth-order valence-electron chi connectivity index (χ4n) is 7.18. The van der Waals surface area contributed by atoms with Crippen molar-refractivity contribution < 1.29 is 33.0 Å². The normalized spacial score (nSPS) is 19.0. The van der Waals surface area contributed by atoms with Gasteiger partial charge in [0.15, 0.2) is 0 Å². The molecule has 3 unspecified atom stereocenters. The standard InChI is InChI=1S/C32H40N6O2.C2HF3O2/c1-20-9-10-22(29(32(3,4)31(39)40)26-13-14-27-30(21(26)2)34-35-36(27)5)17-23(20)18-37-16-15-33-28(37)19-38-24-7-6-8-25(38)12-11-24;3-2(4,5)1(6)7/h9-10,13-17,24-25,29H,6-8,11-12,18-19H2,1-5H3,(H,39,40);(H,6,7). The first kappa shape index (κ1) is 34.1. The molecule has 47 heavy (non-hydrogen) atoms. The lowest BCUT2D eigenvalue weighted by Gasteiger charge is -2.34. The van der Waals surface area contributed by atoms with Gasteiger partial charge in [0.25, 0.3) is 0 Å². The Hall–Kier alpha value is -4.26. The minimum atomic E-state index is -5.08. The molecule has 4 heterocycles. The number of nitrogens with zero attached hydrogens (tertiary/aromatic N) is 6. The number of aromatic nitrogens is 5. The predicted octanol–water partition coefficient (Wildman–Crippen LogP) is 6.22. The fourth-order valence-corrected chi connectivity index (χ4v) is 7.18. The van der Waals surface area contributed by atoms with Crippen LogP contribution in [0.25, 0.3) is 11.0 Å². The number of carboxylic acid groups (broad SMARTS) is 2. The van der Waals surface area contributed by atoms with Crippen LogP contribution < -0.4 is 0 Å². The van der Waals surface area contributed by atoms with Gasteiger partial charge in [-0.05, 0) is 87.3 Å². The van der Waals surface area contributed by atoms with Crippen molar-refractivity contribution in [1.82, 2.24) is 29.4 Å². The number of carboxylic acids is 2. The molecule has 10 nitrogen and oxygen atoms in total. The Balaban J connectivity index is 0.000000559. The number of imidazole rings is 1. The van der Waals surface area contributed by atoms with Crippen molar-refractivity contribution in [1.29, 1.82) is 0 Å². The minimum absolute atomic E-state index is 0.359. The third-order valence-electron chi connectivity index (χ3n) is 9.92. The van der Waals surface area contributed by atoms with Gasteiger partial charge in [0.1, 0.15) is 11.3 Å². The van der Waals surface area contributed by atoms with Crippen LogP contribution in [0.1, 0.15) is 85.5 Å². The highest BCUT2D eigenvalue weighted by molar-refractivity contribution is 5.81. The van der Waals surface area contributed by atoms with Crippen molar-refractivity contribution in [3.8, 4) is 0 Å². The zero-order valence-corrected chi connectivity index (χ0v) is 27.3. The van der Waals surface area contributed by atoms with Crippen LogP contribution in [0.5, 0.6) is 0 Å². The van der Waals surface area contributed by atoms with E-state index in [2.05, 4.69) is 57.2 Å². The van der Waals surface area contributed by atoms with Crippen LogP contribution in [-0.2, 0) is 29.7 Å². The molecule has 4 aromatic rings. The zero-order chi connectivity index (χ0) is 34.3. The maximum Gasteiger partial charge on any atom is 0.490 e. The molecule has 2 fully saturated rings. The van der Waals surface area contributed by atoms with E-state index in [9.17, 15) is 23.1 Å². The SMILES string of the molecule is Cc1ccc(C(c2ccc3c(nnn3C)c2C)C(C)(C)C(=O)O)cc1Cn1ccnc1CN1C2CCCC1CC2.O=C(O)C(F)(F)F. The Labute approximate surface area is 271 Å². The summed E-state index contributed by atoms with van der Waals surface area (Å²) >= 11 is 0. The van der Waals surface area contributed by atoms with Crippen LogP contribution in [0.2, 0.25) is 0 Å². The Morgan fingerprint density at radius 1 is 0.979 bits per heavy atom. The predicted molar refractivity (Wildman–Crippen MR) is 169 cm³/mol. The quantitative estimate of drug-likeness (QED) is 0.229. The molecule has 0 aliphatic carbocycles. The van der Waals surface area contributed by atoms with Gasteiger partial charge in [-0.25, -0.2) is 14.5 Å². The highest BCUT2D eigenvalue weighted by Gasteiger charge is 2.41. The summed E-state index contributed by atoms with van der Waals surface area (Å²) in [6.07, 6.45) is 5.50. The number of carbonyl (C=O) groups is 2. The lowest BCUT2D eigenvalue weighted by atomic mass is 9.69. The number of benzene rings is 2. The molecule has 0 spiro atoms. The molecule has 2 bridgehead atoms. The first-order chi connectivity index (χ1) is 22.1. The maximum absolute atomic E-state index is 12.6. The molecular formula is C34H41F3N6O4. The second-order valence-electron chi connectivity index (χ2n) is 13.3. The van der Waals surface area contributed by atoms with E-state index in [1.54, 1.807) is 4.68 Å². The van der Waals surface area contributed by atoms with Crippen LogP contribution in [-0.4, -0.2) is 69.9 Å². The number of aliphatic carboxylic acids is 2. The molecule has 2 aliphatic heterocycles. The van der Waals surface area contributed by atoms with Crippen molar-refractivity contribution in [2.75, 3.05) is 0 Å². The van der Waals surface area contributed by atoms with Crippen LogP contribution >= 0.6 is 0 Å². The summed E-state index contributed by atoms with van der Waals surface area (Å²) in [5.41, 5.74) is 6.02. The number of rotatable bonds is 8. The van der Waals surface area contributed by atoms with E-state index in [1.807, 2.05) is 40.1 Å². The highest BCUT2D eigenvalue weighted by atomic mass is 19.4. The molecule has 0 saturated carbocycles. The highest BCUT2D eigenvalue weighted by Crippen LogP contribution is 2.44. The summed E-state index contributed by atoms with van der Waals surface area (Å²) in [4.78, 5) is 29.0. The monoisotopic (exact) mass is 654 g/mol. The van der Waals surface area contributed by atoms with E-state index in [1.165, 1.54) is 43.2 Å². The number of hydrogen-bond donors (Lipinski definition) is 2. The van der Waals surface area contributed by atoms with Crippen molar-refractivity contribution in [2.45, 2.75) is 97.1 Å². The largest absolute Gasteiger partial charge is 0.490 e. The van der Waals surface area contributed by atoms with Crippen LogP contribution in [0.3, 0.4) is 0 Å². The fraction of sp³-hybridized carbons (Fsp3) is 0.500. The average molecular weight is 655 g/mol. The van der Waals surface area contributed by atoms with Crippen molar-refractivity contribution >= 4 is 23.0 Å². The van der Waals surface area contributed by atoms with E-state index >= 15 is 0 Å². The van der Waals surface area contributed by atoms with Crippen LogP contribution in [0, 0.1) is 19.3 Å². The van der Waals surface area contributed by atoms with E-state index in [-0.39, 0.29) is 5.92 Å². The van der Waals surface area contributed by atoms with Crippen molar-refractivity contribution in [2.24, 2.45) is 12.5 Å². The summed E-state index contributed by atoms with van der Waals surface area (Å²) in [6, 6.07) is 11.9. The molecule has 13 heteroatoms. The number of alkyl halides is 3. The average Bonchev–Trinajstić information content (AvgIpc) is 3.66. The summed E-state index contributed by atoms with van der Waals surface area (Å²) in [6.45, 7) is 9.40. The summed E-state index contributed by atoms with van der Waals surface area (Å²) in [5, 5.41) is 26.1. The number of halogens is 3. The van der Waals surface area contributed by atoms with Gasteiger partial charge in [-0.15, -0.1) is 5.10 Å². The summed E-state index contributed by atoms with van der Waals surface area (Å²) in [5.74, 6) is -2.84. The second-order valence-corrected chi connectivity index (χ2v) is 13.3. The van der Waals surface area contributed by atoms with Crippen molar-refractivity contribution in [3.05, 3.63) is 76.4 Å². The molecular weight excluding hydrogens is 613 g/mol.